The normalized spacial score (nSPS) is 15.1. The zero-order valence-corrected chi connectivity index (χ0v) is 10.9. The largest absolute Gasteiger partial charge is 0.271 e. The summed E-state index contributed by atoms with van der Waals surface area (Å²) in [4.78, 5) is 0. The standard InChI is InChI=1S/C10H15ClN2.C2H6/c1-7(2)9-6-13(12-10(9)11)5-8-3-4-8;1-2/h6-8H,3-5H2,1-2H3;1-2H3. The van der Waals surface area contributed by atoms with Crippen LogP contribution in [0, 0.1) is 5.92 Å². The van der Waals surface area contributed by atoms with Crippen molar-refractivity contribution in [3.8, 4) is 0 Å². The van der Waals surface area contributed by atoms with Crippen LogP contribution in [0.4, 0.5) is 0 Å². The molecule has 1 aliphatic rings. The van der Waals surface area contributed by atoms with Crippen LogP contribution in [0.1, 0.15) is 52.0 Å². The molecule has 0 aromatic carbocycles. The van der Waals surface area contributed by atoms with E-state index in [0.29, 0.717) is 11.1 Å². The van der Waals surface area contributed by atoms with Crippen LogP contribution in [0.3, 0.4) is 0 Å². The van der Waals surface area contributed by atoms with Crippen molar-refractivity contribution in [2.45, 2.75) is 53.0 Å². The molecular formula is C12H21ClN2. The third-order valence-electron chi connectivity index (χ3n) is 2.51. The molecule has 0 N–H and O–H groups in total. The summed E-state index contributed by atoms with van der Waals surface area (Å²) in [7, 11) is 0. The second kappa shape index (κ2) is 5.55. The number of rotatable bonds is 3. The van der Waals surface area contributed by atoms with Gasteiger partial charge in [-0.3, -0.25) is 4.68 Å². The van der Waals surface area contributed by atoms with Gasteiger partial charge in [0.15, 0.2) is 5.15 Å². The van der Waals surface area contributed by atoms with Crippen LogP contribution in [-0.4, -0.2) is 9.78 Å². The summed E-state index contributed by atoms with van der Waals surface area (Å²) in [5.41, 5.74) is 1.17. The molecule has 0 spiro atoms. The summed E-state index contributed by atoms with van der Waals surface area (Å²) in [5.74, 6) is 1.33. The van der Waals surface area contributed by atoms with E-state index < -0.39 is 0 Å². The third kappa shape index (κ3) is 3.53. The zero-order valence-electron chi connectivity index (χ0n) is 10.1. The lowest BCUT2D eigenvalue weighted by molar-refractivity contribution is 0.562. The Kier molecular flexibility index (Phi) is 4.65. The van der Waals surface area contributed by atoms with Gasteiger partial charge in [-0.05, 0) is 24.7 Å². The average molecular weight is 229 g/mol. The third-order valence-corrected chi connectivity index (χ3v) is 2.80. The molecule has 0 amide bonds. The fraction of sp³-hybridized carbons (Fsp3) is 0.750. The molecule has 1 aliphatic carbocycles. The van der Waals surface area contributed by atoms with Crippen molar-refractivity contribution in [3.05, 3.63) is 16.9 Å². The van der Waals surface area contributed by atoms with Gasteiger partial charge in [0.05, 0.1) is 0 Å². The molecule has 1 fully saturated rings. The van der Waals surface area contributed by atoms with Crippen molar-refractivity contribution in [2.75, 3.05) is 0 Å². The molecule has 0 unspecified atom stereocenters. The van der Waals surface area contributed by atoms with Crippen LogP contribution >= 0.6 is 11.6 Å². The Morgan fingerprint density at radius 3 is 2.47 bits per heavy atom. The van der Waals surface area contributed by atoms with Crippen molar-refractivity contribution in [3.63, 3.8) is 0 Å². The lowest BCUT2D eigenvalue weighted by Crippen LogP contribution is -1.99. The summed E-state index contributed by atoms with van der Waals surface area (Å²) in [6, 6.07) is 0. The lowest BCUT2D eigenvalue weighted by Gasteiger charge is -1.99. The quantitative estimate of drug-likeness (QED) is 0.762. The molecule has 0 bridgehead atoms. The molecule has 2 nitrogen and oxygen atoms in total. The summed E-state index contributed by atoms with van der Waals surface area (Å²) in [6.45, 7) is 9.33. The minimum Gasteiger partial charge on any atom is -0.271 e. The van der Waals surface area contributed by atoms with Crippen molar-refractivity contribution in [1.29, 1.82) is 0 Å². The minimum absolute atomic E-state index is 0.473. The van der Waals surface area contributed by atoms with Gasteiger partial charge in [0, 0.05) is 18.3 Å². The number of hydrogen-bond acceptors (Lipinski definition) is 1. The summed E-state index contributed by atoms with van der Waals surface area (Å²) in [6.07, 6.45) is 4.80. The molecule has 0 atom stereocenters. The first-order valence-corrected chi connectivity index (χ1v) is 6.27. The molecule has 1 saturated carbocycles. The summed E-state index contributed by atoms with van der Waals surface area (Å²) < 4.78 is 2.00. The minimum atomic E-state index is 0.473. The maximum Gasteiger partial charge on any atom is 0.154 e. The Morgan fingerprint density at radius 2 is 2.07 bits per heavy atom. The highest BCUT2D eigenvalue weighted by Crippen LogP contribution is 2.31. The smallest absolute Gasteiger partial charge is 0.154 e. The van der Waals surface area contributed by atoms with Gasteiger partial charge < -0.3 is 0 Å². The van der Waals surface area contributed by atoms with E-state index >= 15 is 0 Å². The van der Waals surface area contributed by atoms with Gasteiger partial charge in [-0.2, -0.15) is 5.10 Å². The van der Waals surface area contributed by atoms with E-state index in [-0.39, 0.29) is 0 Å². The molecular weight excluding hydrogens is 208 g/mol. The van der Waals surface area contributed by atoms with Crippen LogP contribution in [-0.2, 0) is 6.54 Å². The van der Waals surface area contributed by atoms with Gasteiger partial charge >= 0.3 is 0 Å². The van der Waals surface area contributed by atoms with E-state index in [9.17, 15) is 0 Å². The topological polar surface area (TPSA) is 17.8 Å². The van der Waals surface area contributed by atoms with Gasteiger partial charge in [0.25, 0.3) is 0 Å². The fourth-order valence-electron chi connectivity index (χ4n) is 1.46. The molecule has 1 aromatic rings. The number of aromatic nitrogens is 2. The maximum atomic E-state index is 6.01. The van der Waals surface area contributed by atoms with Crippen molar-refractivity contribution in [1.82, 2.24) is 9.78 Å². The van der Waals surface area contributed by atoms with Gasteiger partial charge in [0.2, 0.25) is 0 Å². The second-order valence-corrected chi connectivity index (χ2v) is 4.55. The predicted molar refractivity (Wildman–Crippen MR) is 65.4 cm³/mol. The monoisotopic (exact) mass is 228 g/mol. The molecule has 1 heterocycles. The van der Waals surface area contributed by atoms with E-state index in [1.165, 1.54) is 18.4 Å². The van der Waals surface area contributed by atoms with E-state index in [1.54, 1.807) is 0 Å². The Balaban J connectivity index is 0.000000531. The van der Waals surface area contributed by atoms with Crippen molar-refractivity contribution in [2.24, 2.45) is 5.92 Å². The Bertz CT molecular complexity index is 301. The molecule has 0 aliphatic heterocycles. The molecule has 0 saturated heterocycles. The summed E-state index contributed by atoms with van der Waals surface area (Å²) in [5, 5.41) is 4.97. The van der Waals surface area contributed by atoms with E-state index in [0.717, 1.165) is 12.5 Å². The van der Waals surface area contributed by atoms with Gasteiger partial charge in [-0.25, -0.2) is 0 Å². The van der Waals surface area contributed by atoms with E-state index in [1.807, 2.05) is 18.5 Å². The first-order valence-electron chi connectivity index (χ1n) is 5.89. The molecule has 3 heteroatoms. The Morgan fingerprint density at radius 1 is 1.47 bits per heavy atom. The SMILES string of the molecule is CC.CC(C)c1cn(CC2CC2)nc1Cl. The van der Waals surface area contributed by atoms with Crippen LogP contribution in [0.25, 0.3) is 0 Å². The zero-order chi connectivity index (χ0) is 11.4. The average Bonchev–Trinajstić information content (AvgIpc) is 2.92. The second-order valence-electron chi connectivity index (χ2n) is 4.20. The molecule has 1 aromatic heterocycles. The maximum absolute atomic E-state index is 6.01. The highest BCUT2D eigenvalue weighted by Gasteiger charge is 2.22. The summed E-state index contributed by atoms with van der Waals surface area (Å²) >= 11 is 6.01. The fourth-order valence-corrected chi connectivity index (χ4v) is 1.82. The molecule has 0 radical (unpaired) electrons. The number of nitrogens with zero attached hydrogens (tertiary/aromatic N) is 2. The van der Waals surface area contributed by atoms with E-state index in [4.69, 9.17) is 11.6 Å². The van der Waals surface area contributed by atoms with Crippen LogP contribution in [0.5, 0.6) is 0 Å². The number of halogens is 1. The van der Waals surface area contributed by atoms with Gasteiger partial charge in [0.1, 0.15) is 0 Å². The highest BCUT2D eigenvalue weighted by molar-refractivity contribution is 6.30. The predicted octanol–water partition coefficient (Wildman–Crippen LogP) is 4.10. The van der Waals surface area contributed by atoms with Gasteiger partial charge in [-0.15, -0.1) is 0 Å². The van der Waals surface area contributed by atoms with Crippen molar-refractivity contribution < 1.29 is 0 Å². The van der Waals surface area contributed by atoms with Crippen LogP contribution in [0.15, 0.2) is 6.20 Å². The first kappa shape index (κ1) is 12.6. The Labute approximate surface area is 97.6 Å². The van der Waals surface area contributed by atoms with Crippen LogP contribution < -0.4 is 0 Å². The first-order chi connectivity index (χ1) is 7.16. The molecule has 15 heavy (non-hydrogen) atoms. The van der Waals surface area contributed by atoms with Crippen molar-refractivity contribution >= 4 is 11.6 Å². The van der Waals surface area contributed by atoms with E-state index in [2.05, 4.69) is 25.1 Å². The Hall–Kier alpha value is -0.500. The molecule has 2 rings (SSSR count). The van der Waals surface area contributed by atoms with Crippen LogP contribution in [0.2, 0.25) is 5.15 Å². The highest BCUT2D eigenvalue weighted by atomic mass is 35.5. The van der Waals surface area contributed by atoms with Gasteiger partial charge in [-0.1, -0.05) is 39.3 Å². The number of hydrogen-bond donors (Lipinski definition) is 0. The molecule has 86 valence electrons. The lowest BCUT2D eigenvalue weighted by atomic mass is 10.1.